The highest BCUT2D eigenvalue weighted by Crippen LogP contribution is 2.17. The molecule has 2 saturated heterocycles. The average molecular weight is 292 g/mol. The van der Waals surface area contributed by atoms with Crippen molar-refractivity contribution in [3.05, 3.63) is 0 Å². The fourth-order valence-electron chi connectivity index (χ4n) is 1.70. The van der Waals surface area contributed by atoms with Gasteiger partial charge in [0.15, 0.2) is 0 Å². The summed E-state index contributed by atoms with van der Waals surface area (Å²) >= 11 is 12.3. The molecule has 4 nitrogen and oxygen atoms in total. The number of hydrogen-bond donors (Lipinski definition) is 0. The lowest BCUT2D eigenvalue weighted by Gasteiger charge is -2.32. The Kier molecular flexibility index (Phi) is 5.43. The lowest BCUT2D eigenvalue weighted by Crippen LogP contribution is -2.42. The molecule has 0 radical (unpaired) electrons. The standard InChI is InChI=1S/C10H16N2O2S3/c15-9(11-1-5-13-6-2-11)17-10(16)12-3-7-14-8-4-12/h1-8H2. The summed E-state index contributed by atoms with van der Waals surface area (Å²) in [5, 5.41) is 0. The maximum Gasteiger partial charge on any atom is 0.143 e. The SMILES string of the molecule is S=C(SC(=S)N1CCOCC1)N1CCOCC1. The summed E-state index contributed by atoms with van der Waals surface area (Å²) in [6.07, 6.45) is 0. The van der Waals surface area contributed by atoms with Crippen LogP contribution >= 0.6 is 36.2 Å². The zero-order valence-corrected chi connectivity index (χ0v) is 12.0. The molecular weight excluding hydrogens is 276 g/mol. The predicted octanol–water partition coefficient (Wildman–Crippen LogP) is 0.954. The van der Waals surface area contributed by atoms with Gasteiger partial charge >= 0.3 is 0 Å². The number of morpholine rings is 2. The van der Waals surface area contributed by atoms with Gasteiger partial charge in [-0.3, -0.25) is 0 Å². The lowest BCUT2D eigenvalue weighted by molar-refractivity contribution is 0.0697. The van der Waals surface area contributed by atoms with Crippen LogP contribution in [0.15, 0.2) is 0 Å². The highest BCUT2D eigenvalue weighted by Gasteiger charge is 2.19. The van der Waals surface area contributed by atoms with Crippen LogP contribution in [0.3, 0.4) is 0 Å². The van der Waals surface area contributed by atoms with Gasteiger partial charge in [-0.15, -0.1) is 0 Å². The fourth-order valence-corrected chi connectivity index (χ4v) is 3.47. The van der Waals surface area contributed by atoms with Crippen LogP contribution in [-0.4, -0.2) is 71.0 Å². The Hall–Kier alpha value is 0.0500. The van der Waals surface area contributed by atoms with E-state index in [0.717, 1.165) is 61.2 Å². The normalized spacial score (nSPS) is 21.4. The first-order valence-corrected chi connectivity index (χ1v) is 7.32. The highest BCUT2D eigenvalue weighted by molar-refractivity contribution is 8.37. The molecular formula is C10H16N2O2S3. The summed E-state index contributed by atoms with van der Waals surface area (Å²) in [5.41, 5.74) is 0. The van der Waals surface area contributed by atoms with E-state index in [0.29, 0.717) is 0 Å². The van der Waals surface area contributed by atoms with Crippen molar-refractivity contribution in [2.75, 3.05) is 52.6 Å². The topological polar surface area (TPSA) is 24.9 Å². The van der Waals surface area contributed by atoms with Crippen LogP contribution in [0.5, 0.6) is 0 Å². The Balaban J connectivity index is 1.78. The summed E-state index contributed by atoms with van der Waals surface area (Å²) in [6, 6.07) is 0. The van der Waals surface area contributed by atoms with E-state index in [2.05, 4.69) is 9.80 Å². The molecule has 2 rings (SSSR count). The van der Waals surface area contributed by atoms with Crippen LogP contribution in [0.2, 0.25) is 0 Å². The van der Waals surface area contributed by atoms with E-state index < -0.39 is 0 Å². The third-order valence-electron chi connectivity index (χ3n) is 2.71. The zero-order valence-electron chi connectivity index (χ0n) is 9.59. The van der Waals surface area contributed by atoms with Crippen LogP contribution in [-0.2, 0) is 9.47 Å². The van der Waals surface area contributed by atoms with Crippen LogP contribution in [0, 0.1) is 0 Å². The summed E-state index contributed by atoms with van der Waals surface area (Å²) in [5.74, 6) is 0. The Labute approximate surface area is 117 Å². The molecule has 0 spiro atoms. The number of ether oxygens (including phenoxy) is 2. The maximum atomic E-state index is 5.41. The molecule has 0 unspecified atom stereocenters. The van der Waals surface area contributed by atoms with Crippen LogP contribution in [0.4, 0.5) is 0 Å². The Morgan fingerprint density at radius 3 is 1.47 bits per heavy atom. The number of hydrogen-bond acceptors (Lipinski definition) is 5. The highest BCUT2D eigenvalue weighted by atomic mass is 32.2. The van der Waals surface area contributed by atoms with Gasteiger partial charge in [0.1, 0.15) is 8.64 Å². The van der Waals surface area contributed by atoms with E-state index in [4.69, 9.17) is 33.9 Å². The van der Waals surface area contributed by atoms with Gasteiger partial charge < -0.3 is 19.3 Å². The fraction of sp³-hybridized carbons (Fsp3) is 0.800. The summed E-state index contributed by atoms with van der Waals surface area (Å²) in [4.78, 5) is 4.33. The second-order valence-corrected chi connectivity index (χ2v) is 6.10. The van der Waals surface area contributed by atoms with E-state index in [1.54, 1.807) is 0 Å². The lowest BCUT2D eigenvalue weighted by atomic mass is 10.5. The number of rotatable bonds is 0. The van der Waals surface area contributed by atoms with Gasteiger partial charge in [-0.2, -0.15) is 0 Å². The molecule has 2 heterocycles. The third-order valence-corrected chi connectivity index (χ3v) is 4.60. The van der Waals surface area contributed by atoms with Crippen molar-refractivity contribution in [2.24, 2.45) is 0 Å². The van der Waals surface area contributed by atoms with Gasteiger partial charge in [-0.1, -0.05) is 24.4 Å². The first kappa shape index (κ1) is 13.5. The molecule has 7 heteroatoms. The molecule has 2 aliphatic heterocycles. The minimum atomic E-state index is 0.755. The van der Waals surface area contributed by atoms with Gasteiger partial charge in [0.2, 0.25) is 0 Å². The number of nitrogens with zero attached hydrogens (tertiary/aromatic N) is 2. The largest absolute Gasteiger partial charge is 0.378 e. The van der Waals surface area contributed by atoms with E-state index in [9.17, 15) is 0 Å². The molecule has 0 atom stereocenters. The summed E-state index contributed by atoms with van der Waals surface area (Å²) < 4.78 is 12.3. The van der Waals surface area contributed by atoms with Crippen LogP contribution in [0.1, 0.15) is 0 Å². The van der Waals surface area contributed by atoms with Crippen molar-refractivity contribution in [1.29, 1.82) is 0 Å². The van der Waals surface area contributed by atoms with E-state index in [1.165, 1.54) is 11.8 Å². The molecule has 2 fully saturated rings. The first-order valence-electron chi connectivity index (χ1n) is 5.68. The van der Waals surface area contributed by atoms with Gasteiger partial charge in [0, 0.05) is 26.2 Å². The number of thiocarbonyl (C=S) groups is 2. The van der Waals surface area contributed by atoms with Gasteiger partial charge in [0.05, 0.1) is 26.4 Å². The van der Waals surface area contributed by atoms with Crippen molar-refractivity contribution in [3.63, 3.8) is 0 Å². The van der Waals surface area contributed by atoms with Gasteiger partial charge in [-0.25, -0.2) is 0 Å². The average Bonchev–Trinajstić information content (AvgIpc) is 2.40. The second kappa shape index (κ2) is 6.84. The van der Waals surface area contributed by atoms with Crippen LogP contribution < -0.4 is 0 Å². The van der Waals surface area contributed by atoms with Crippen molar-refractivity contribution in [2.45, 2.75) is 0 Å². The molecule has 0 aromatic rings. The number of thioether (sulfide) groups is 1. The summed E-state index contributed by atoms with van der Waals surface area (Å²) in [7, 11) is 0. The first-order chi connectivity index (χ1) is 8.27. The van der Waals surface area contributed by atoms with Crippen molar-refractivity contribution in [1.82, 2.24) is 9.80 Å². The minimum Gasteiger partial charge on any atom is -0.378 e. The van der Waals surface area contributed by atoms with Gasteiger partial charge in [0.25, 0.3) is 0 Å². The quantitative estimate of drug-likeness (QED) is 0.613. The smallest absolute Gasteiger partial charge is 0.143 e. The van der Waals surface area contributed by atoms with Crippen molar-refractivity contribution >= 4 is 44.8 Å². The van der Waals surface area contributed by atoms with Crippen LogP contribution in [0.25, 0.3) is 0 Å². The maximum absolute atomic E-state index is 5.41. The molecule has 2 aliphatic rings. The second-order valence-electron chi connectivity index (χ2n) is 3.83. The zero-order chi connectivity index (χ0) is 12.1. The minimum absolute atomic E-state index is 0.755. The molecule has 0 N–H and O–H groups in total. The molecule has 0 aliphatic carbocycles. The molecule has 0 saturated carbocycles. The Morgan fingerprint density at radius 1 is 0.765 bits per heavy atom. The monoisotopic (exact) mass is 292 g/mol. The van der Waals surface area contributed by atoms with E-state index in [-0.39, 0.29) is 0 Å². The Morgan fingerprint density at radius 2 is 1.12 bits per heavy atom. The molecule has 96 valence electrons. The van der Waals surface area contributed by atoms with Crippen molar-refractivity contribution in [3.8, 4) is 0 Å². The molecule has 0 aromatic heterocycles. The molecule has 17 heavy (non-hydrogen) atoms. The van der Waals surface area contributed by atoms with E-state index in [1.807, 2.05) is 0 Å². The molecule has 0 amide bonds. The molecule has 0 aromatic carbocycles. The van der Waals surface area contributed by atoms with Crippen molar-refractivity contribution < 1.29 is 9.47 Å². The Bertz CT molecular complexity index is 261. The molecule has 0 bridgehead atoms. The third kappa shape index (κ3) is 4.03. The van der Waals surface area contributed by atoms with E-state index >= 15 is 0 Å². The summed E-state index contributed by atoms with van der Waals surface area (Å²) in [6.45, 7) is 6.51. The van der Waals surface area contributed by atoms with Gasteiger partial charge in [-0.05, 0) is 11.8 Å². The predicted molar refractivity (Wildman–Crippen MR) is 77.6 cm³/mol.